The molecule has 1 aromatic heterocycles. The Hall–Kier alpha value is -2.96. The molecular weight excluding hydrogens is 364 g/mol. The highest BCUT2D eigenvalue weighted by Gasteiger charge is 2.30. The van der Waals surface area contributed by atoms with Gasteiger partial charge in [0.05, 0.1) is 25.1 Å². The van der Waals surface area contributed by atoms with Gasteiger partial charge in [0.25, 0.3) is 0 Å². The zero-order valence-electron chi connectivity index (χ0n) is 16.6. The Bertz CT molecular complexity index is 920. The number of carbonyl (C=O) groups is 1. The Balaban J connectivity index is 1.54. The molecule has 29 heavy (non-hydrogen) atoms. The average molecular weight is 390 g/mol. The molecule has 1 amide bonds. The standard InChI is InChI=1S/C23H26N4O2/c1-25(17-19-16-24-27(18-19)21-10-6-3-7-11-21)22(20-8-4-2-5-9-20)23(28)26-12-14-29-15-13-26/h2-11,16,18,22H,12-15,17H2,1H3/t22-/m1/s1. The first-order valence-electron chi connectivity index (χ1n) is 9.93. The topological polar surface area (TPSA) is 50.6 Å². The summed E-state index contributed by atoms with van der Waals surface area (Å²) in [5.41, 5.74) is 3.08. The van der Waals surface area contributed by atoms with E-state index in [2.05, 4.69) is 10.00 Å². The molecule has 1 aliphatic rings. The number of aromatic nitrogens is 2. The molecule has 1 atom stereocenters. The van der Waals surface area contributed by atoms with Crippen molar-refractivity contribution in [1.29, 1.82) is 0 Å². The first kappa shape index (κ1) is 19.4. The lowest BCUT2D eigenvalue weighted by Gasteiger charge is -2.34. The number of ether oxygens (including phenoxy) is 1. The highest BCUT2D eigenvalue weighted by Crippen LogP contribution is 2.24. The van der Waals surface area contributed by atoms with Crippen molar-refractivity contribution in [2.45, 2.75) is 12.6 Å². The van der Waals surface area contributed by atoms with Crippen molar-refractivity contribution in [3.8, 4) is 5.69 Å². The molecule has 6 heteroatoms. The molecule has 0 bridgehead atoms. The minimum Gasteiger partial charge on any atom is -0.378 e. The number of hydrogen-bond acceptors (Lipinski definition) is 4. The lowest BCUT2D eigenvalue weighted by Crippen LogP contribution is -2.46. The van der Waals surface area contributed by atoms with Crippen LogP contribution in [0.5, 0.6) is 0 Å². The summed E-state index contributed by atoms with van der Waals surface area (Å²) in [7, 11) is 2.00. The van der Waals surface area contributed by atoms with Gasteiger partial charge in [-0.3, -0.25) is 9.69 Å². The summed E-state index contributed by atoms with van der Waals surface area (Å²) in [4.78, 5) is 17.4. The Kier molecular flexibility index (Phi) is 6.03. The lowest BCUT2D eigenvalue weighted by atomic mass is 10.0. The zero-order chi connectivity index (χ0) is 20.1. The van der Waals surface area contributed by atoms with Gasteiger partial charge in [0.15, 0.2) is 0 Å². The van der Waals surface area contributed by atoms with Crippen LogP contribution in [0.15, 0.2) is 73.1 Å². The van der Waals surface area contributed by atoms with Gasteiger partial charge in [-0.25, -0.2) is 4.68 Å². The predicted octanol–water partition coefficient (Wildman–Crippen LogP) is 2.90. The van der Waals surface area contributed by atoms with Crippen LogP contribution in [0.25, 0.3) is 5.69 Å². The number of rotatable bonds is 6. The minimum absolute atomic E-state index is 0.123. The van der Waals surface area contributed by atoms with Gasteiger partial charge < -0.3 is 9.64 Å². The molecule has 4 rings (SSSR count). The van der Waals surface area contributed by atoms with Gasteiger partial charge in [0.1, 0.15) is 6.04 Å². The summed E-state index contributed by atoms with van der Waals surface area (Å²) in [5.74, 6) is 0.123. The summed E-state index contributed by atoms with van der Waals surface area (Å²) < 4.78 is 7.28. The lowest BCUT2D eigenvalue weighted by molar-refractivity contribution is -0.141. The molecule has 2 heterocycles. The second kappa shape index (κ2) is 9.03. The third-order valence-corrected chi connectivity index (χ3v) is 5.20. The zero-order valence-corrected chi connectivity index (χ0v) is 16.6. The fourth-order valence-corrected chi connectivity index (χ4v) is 3.72. The third-order valence-electron chi connectivity index (χ3n) is 5.20. The average Bonchev–Trinajstić information content (AvgIpc) is 3.24. The Morgan fingerprint density at radius 1 is 1.07 bits per heavy atom. The van der Waals surface area contributed by atoms with E-state index in [1.165, 1.54) is 0 Å². The molecule has 0 radical (unpaired) electrons. The maximum atomic E-state index is 13.4. The number of hydrogen-bond donors (Lipinski definition) is 0. The molecule has 3 aromatic rings. The Morgan fingerprint density at radius 2 is 1.72 bits per heavy atom. The Labute approximate surface area is 171 Å². The molecule has 0 spiro atoms. The van der Waals surface area contributed by atoms with E-state index >= 15 is 0 Å². The van der Waals surface area contributed by atoms with Crippen LogP contribution in [0, 0.1) is 0 Å². The van der Waals surface area contributed by atoms with Crippen LogP contribution < -0.4 is 0 Å². The fourth-order valence-electron chi connectivity index (χ4n) is 3.72. The van der Waals surface area contributed by atoms with Crippen molar-refractivity contribution in [1.82, 2.24) is 19.6 Å². The van der Waals surface area contributed by atoms with Crippen molar-refractivity contribution in [2.24, 2.45) is 0 Å². The second-order valence-electron chi connectivity index (χ2n) is 7.29. The number of para-hydroxylation sites is 1. The normalized spacial score (nSPS) is 15.4. The molecule has 0 aliphatic carbocycles. The van der Waals surface area contributed by atoms with Crippen molar-refractivity contribution in [3.63, 3.8) is 0 Å². The first-order valence-corrected chi connectivity index (χ1v) is 9.93. The first-order chi connectivity index (χ1) is 14.2. The van der Waals surface area contributed by atoms with Crippen LogP contribution in [-0.4, -0.2) is 58.8 Å². The van der Waals surface area contributed by atoms with Gasteiger partial charge in [0.2, 0.25) is 5.91 Å². The molecule has 0 saturated carbocycles. The van der Waals surface area contributed by atoms with E-state index in [1.807, 2.05) is 89.7 Å². The van der Waals surface area contributed by atoms with Gasteiger partial charge in [-0.05, 0) is 24.7 Å². The number of carbonyl (C=O) groups excluding carboxylic acids is 1. The van der Waals surface area contributed by atoms with E-state index in [0.29, 0.717) is 32.8 Å². The molecule has 2 aromatic carbocycles. The van der Waals surface area contributed by atoms with Gasteiger partial charge in [-0.1, -0.05) is 48.5 Å². The highest BCUT2D eigenvalue weighted by molar-refractivity contribution is 5.83. The van der Waals surface area contributed by atoms with Crippen LogP contribution in [0.1, 0.15) is 17.2 Å². The van der Waals surface area contributed by atoms with E-state index in [1.54, 1.807) is 0 Å². The van der Waals surface area contributed by atoms with Crippen molar-refractivity contribution >= 4 is 5.91 Å². The summed E-state index contributed by atoms with van der Waals surface area (Å²) in [5, 5.41) is 4.48. The van der Waals surface area contributed by atoms with Crippen molar-refractivity contribution < 1.29 is 9.53 Å². The van der Waals surface area contributed by atoms with Crippen LogP contribution in [0.2, 0.25) is 0 Å². The SMILES string of the molecule is CN(Cc1cnn(-c2ccccc2)c1)[C@@H](C(=O)N1CCOCC1)c1ccccc1. The van der Waals surface area contributed by atoms with Crippen LogP contribution in [0.3, 0.4) is 0 Å². The maximum absolute atomic E-state index is 13.4. The molecule has 0 unspecified atom stereocenters. The van der Waals surface area contributed by atoms with E-state index in [-0.39, 0.29) is 11.9 Å². The number of nitrogens with zero attached hydrogens (tertiary/aromatic N) is 4. The molecule has 1 aliphatic heterocycles. The number of morpholine rings is 1. The quantitative estimate of drug-likeness (QED) is 0.649. The number of benzene rings is 2. The molecule has 0 N–H and O–H groups in total. The number of amides is 1. The van der Waals surface area contributed by atoms with Gasteiger partial charge in [0, 0.05) is 31.4 Å². The molecular formula is C23H26N4O2. The molecule has 6 nitrogen and oxygen atoms in total. The molecule has 150 valence electrons. The summed E-state index contributed by atoms with van der Waals surface area (Å²) in [6.45, 7) is 3.11. The second-order valence-corrected chi connectivity index (χ2v) is 7.29. The monoisotopic (exact) mass is 390 g/mol. The highest BCUT2D eigenvalue weighted by atomic mass is 16.5. The van der Waals surface area contributed by atoms with Crippen LogP contribution >= 0.6 is 0 Å². The summed E-state index contributed by atoms with van der Waals surface area (Å²) >= 11 is 0. The van der Waals surface area contributed by atoms with Crippen LogP contribution in [-0.2, 0) is 16.1 Å². The van der Waals surface area contributed by atoms with Crippen LogP contribution in [0.4, 0.5) is 0 Å². The van der Waals surface area contributed by atoms with E-state index in [0.717, 1.165) is 16.8 Å². The van der Waals surface area contributed by atoms with E-state index in [9.17, 15) is 4.79 Å². The van der Waals surface area contributed by atoms with Gasteiger partial charge in [-0.15, -0.1) is 0 Å². The van der Waals surface area contributed by atoms with E-state index < -0.39 is 0 Å². The third kappa shape index (κ3) is 4.55. The summed E-state index contributed by atoms with van der Waals surface area (Å²) in [6, 6.07) is 19.7. The molecule has 1 saturated heterocycles. The maximum Gasteiger partial charge on any atom is 0.244 e. The number of likely N-dealkylation sites (N-methyl/N-ethyl adjacent to an activating group) is 1. The summed E-state index contributed by atoms with van der Waals surface area (Å²) in [6.07, 6.45) is 3.89. The van der Waals surface area contributed by atoms with Gasteiger partial charge in [-0.2, -0.15) is 5.10 Å². The van der Waals surface area contributed by atoms with Crippen molar-refractivity contribution in [3.05, 3.63) is 84.2 Å². The molecule has 1 fully saturated rings. The predicted molar refractivity (Wildman–Crippen MR) is 112 cm³/mol. The largest absolute Gasteiger partial charge is 0.378 e. The minimum atomic E-state index is -0.339. The van der Waals surface area contributed by atoms with Gasteiger partial charge >= 0.3 is 0 Å². The fraction of sp³-hybridized carbons (Fsp3) is 0.304. The smallest absolute Gasteiger partial charge is 0.244 e. The van der Waals surface area contributed by atoms with Crippen molar-refractivity contribution in [2.75, 3.05) is 33.4 Å². The Morgan fingerprint density at radius 3 is 2.41 bits per heavy atom. The van der Waals surface area contributed by atoms with E-state index in [4.69, 9.17) is 4.74 Å².